The predicted molar refractivity (Wildman–Crippen MR) is 66.3 cm³/mol. The number of piperidine rings is 1. The molecule has 0 amide bonds. The van der Waals surface area contributed by atoms with Gasteiger partial charge in [-0.1, -0.05) is 11.6 Å². The van der Waals surface area contributed by atoms with Crippen molar-refractivity contribution in [1.29, 1.82) is 5.41 Å². The van der Waals surface area contributed by atoms with E-state index in [4.69, 9.17) is 22.7 Å². The third kappa shape index (κ3) is 2.11. The lowest BCUT2D eigenvalue weighted by atomic mass is 10.1. The van der Waals surface area contributed by atoms with Crippen LogP contribution in [0, 0.1) is 5.41 Å². The van der Waals surface area contributed by atoms with Crippen LogP contribution in [0.25, 0.3) is 0 Å². The molecular formula is C11H15ClN4. The van der Waals surface area contributed by atoms with Crippen LogP contribution in [-0.4, -0.2) is 23.9 Å². The van der Waals surface area contributed by atoms with Gasteiger partial charge < -0.3 is 10.6 Å². The summed E-state index contributed by atoms with van der Waals surface area (Å²) in [6.45, 7) is 1.96. The number of nitrogen functional groups attached to an aromatic ring is 1. The van der Waals surface area contributed by atoms with Crippen LogP contribution in [0.3, 0.4) is 0 Å². The third-order valence-corrected chi connectivity index (χ3v) is 3.19. The number of hydrogen-bond acceptors (Lipinski definition) is 3. The van der Waals surface area contributed by atoms with Gasteiger partial charge in [0.1, 0.15) is 11.7 Å². The van der Waals surface area contributed by atoms with Crippen molar-refractivity contribution < 1.29 is 0 Å². The average Bonchev–Trinajstić information content (AvgIpc) is 2.30. The highest BCUT2D eigenvalue weighted by Gasteiger charge is 2.17. The smallest absolute Gasteiger partial charge is 0.148 e. The molecule has 0 saturated carbocycles. The average molecular weight is 239 g/mol. The molecule has 16 heavy (non-hydrogen) atoms. The Morgan fingerprint density at radius 2 is 2.06 bits per heavy atom. The molecule has 5 heteroatoms. The molecule has 0 bridgehead atoms. The van der Waals surface area contributed by atoms with Gasteiger partial charge in [0.25, 0.3) is 0 Å². The molecule has 4 nitrogen and oxygen atoms in total. The highest BCUT2D eigenvalue weighted by Crippen LogP contribution is 2.28. The second-order valence-corrected chi connectivity index (χ2v) is 4.34. The van der Waals surface area contributed by atoms with Gasteiger partial charge in [0.05, 0.1) is 5.02 Å². The van der Waals surface area contributed by atoms with E-state index < -0.39 is 0 Å². The normalized spacial score (nSPS) is 16.2. The maximum Gasteiger partial charge on any atom is 0.148 e. The van der Waals surface area contributed by atoms with Crippen LogP contribution in [0.15, 0.2) is 12.3 Å². The summed E-state index contributed by atoms with van der Waals surface area (Å²) in [7, 11) is 0. The van der Waals surface area contributed by atoms with Crippen LogP contribution < -0.4 is 10.6 Å². The SMILES string of the molecule is N=C(N)c1ccnc(N2CCCCC2)c1Cl. The van der Waals surface area contributed by atoms with Crippen molar-refractivity contribution in [3.8, 4) is 0 Å². The molecule has 0 spiro atoms. The molecule has 2 rings (SSSR count). The fourth-order valence-electron chi connectivity index (χ4n) is 1.97. The summed E-state index contributed by atoms with van der Waals surface area (Å²) in [6.07, 6.45) is 5.26. The number of aromatic nitrogens is 1. The Bertz CT molecular complexity index is 399. The number of halogens is 1. The topological polar surface area (TPSA) is 66.0 Å². The van der Waals surface area contributed by atoms with Crippen LogP contribution in [-0.2, 0) is 0 Å². The minimum absolute atomic E-state index is 0.00865. The van der Waals surface area contributed by atoms with E-state index in [0.29, 0.717) is 10.6 Å². The van der Waals surface area contributed by atoms with Gasteiger partial charge in [0, 0.05) is 24.8 Å². The first-order valence-corrected chi connectivity index (χ1v) is 5.82. The Kier molecular flexibility index (Phi) is 3.29. The van der Waals surface area contributed by atoms with E-state index in [0.717, 1.165) is 18.9 Å². The van der Waals surface area contributed by atoms with Crippen molar-refractivity contribution in [1.82, 2.24) is 4.98 Å². The summed E-state index contributed by atoms with van der Waals surface area (Å²) in [5.74, 6) is 0.750. The molecule has 0 aliphatic carbocycles. The second-order valence-electron chi connectivity index (χ2n) is 3.96. The van der Waals surface area contributed by atoms with Crippen molar-refractivity contribution in [3.63, 3.8) is 0 Å². The Balaban J connectivity index is 2.33. The van der Waals surface area contributed by atoms with Crippen LogP contribution >= 0.6 is 11.6 Å². The lowest BCUT2D eigenvalue weighted by molar-refractivity contribution is 0.573. The molecule has 1 saturated heterocycles. The van der Waals surface area contributed by atoms with Crippen LogP contribution in [0.1, 0.15) is 24.8 Å². The summed E-state index contributed by atoms with van der Waals surface area (Å²) in [5, 5.41) is 7.93. The van der Waals surface area contributed by atoms with E-state index in [9.17, 15) is 0 Å². The minimum Gasteiger partial charge on any atom is -0.384 e. The van der Waals surface area contributed by atoms with Gasteiger partial charge in [-0.15, -0.1) is 0 Å². The number of amidine groups is 1. The van der Waals surface area contributed by atoms with Crippen molar-refractivity contribution in [3.05, 3.63) is 22.8 Å². The number of nitrogens with two attached hydrogens (primary N) is 1. The van der Waals surface area contributed by atoms with Gasteiger partial charge in [-0.3, -0.25) is 5.41 Å². The summed E-state index contributed by atoms with van der Waals surface area (Å²) < 4.78 is 0. The quantitative estimate of drug-likeness (QED) is 0.612. The first-order chi connectivity index (χ1) is 7.70. The molecule has 1 aromatic rings. The largest absolute Gasteiger partial charge is 0.384 e. The lowest BCUT2D eigenvalue weighted by Crippen LogP contribution is -2.30. The van der Waals surface area contributed by atoms with Gasteiger partial charge in [-0.05, 0) is 25.3 Å². The highest BCUT2D eigenvalue weighted by atomic mass is 35.5. The van der Waals surface area contributed by atoms with Gasteiger partial charge >= 0.3 is 0 Å². The molecule has 1 fully saturated rings. The zero-order chi connectivity index (χ0) is 11.5. The van der Waals surface area contributed by atoms with Gasteiger partial charge in [-0.2, -0.15) is 0 Å². The molecule has 2 heterocycles. The molecular weight excluding hydrogens is 224 g/mol. The number of anilines is 1. The number of nitrogens with one attached hydrogen (secondary N) is 1. The van der Waals surface area contributed by atoms with E-state index in [-0.39, 0.29) is 5.84 Å². The molecule has 0 radical (unpaired) electrons. The van der Waals surface area contributed by atoms with E-state index in [1.54, 1.807) is 12.3 Å². The van der Waals surface area contributed by atoms with Crippen molar-refractivity contribution in [2.75, 3.05) is 18.0 Å². The number of nitrogens with zero attached hydrogens (tertiary/aromatic N) is 2. The summed E-state index contributed by atoms with van der Waals surface area (Å²) in [5.41, 5.74) is 6.03. The molecule has 1 aliphatic rings. The highest BCUT2D eigenvalue weighted by molar-refractivity contribution is 6.36. The monoisotopic (exact) mass is 238 g/mol. The van der Waals surface area contributed by atoms with Crippen LogP contribution in [0.5, 0.6) is 0 Å². The summed E-state index contributed by atoms with van der Waals surface area (Å²) >= 11 is 6.21. The molecule has 0 atom stereocenters. The molecule has 1 aromatic heterocycles. The first kappa shape index (κ1) is 11.2. The molecule has 1 aliphatic heterocycles. The van der Waals surface area contributed by atoms with Gasteiger partial charge in [0.2, 0.25) is 0 Å². The maximum absolute atomic E-state index is 7.43. The third-order valence-electron chi connectivity index (χ3n) is 2.82. The predicted octanol–water partition coefficient (Wildman–Crippen LogP) is 2.01. The summed E-state index contributed by atoms with van der Waals surface area (Å²) in [6, 6.07) is 1.68. The molecule has 0 aromatic carbocycles. The fraction of sp³-hybridized carbons (Fsp3) is 0.455. The zero-order valence-corrected chi connectivity index (χ0v) is 9.80. The molecule has 0 unspecified atom stereocenters. The van der Waals surface area contributed by atoms with Gasteiger partial charge in [0.15, 0.2) is 0 Å². The summed E-state index contributed by atoms with van der Waals surface area (Å²) in [4.78, 5) is 6.45. The fourth-order valence-corrected chi connectivity index (χ4v) is 2.30. The van der Waals surface area contributed by atoms with Crippen molar-refractivity contribution >= 4 is 23.3 Å². The Hall–Kier alpha value is -1.29. The standard InChI is InChI=1S/C11H15ClN4/c12-9-8(10(13)14)4-5-15-11(9)16-6-2-1-3-7-16/h4-5H,1-3,6-7H2,(H3,13,14). The van der Waals surface area contributed by atoms with E-state index in [2.05, 4.69) is 9.88 Å². The lowest BCUT2D eigenvalue weighted by Gasteiger charge is -2.28. The first-order valence-electron chi connectivity index (χ1n) is 5.44. The van der Waals surface area contributed by atoms with Crippen molar-refractivity contribution in [2.45, 2.75) is 19.3 Å². The number of pyridine rings is 1. The van der Waals surface area contributed by atoms with E-state index in [1.807, 2.05) is 0 Å². The molecule has 86 valence electrons. The van der Waals surface area contributed by atoms with Crippen LogP contribution in [0.2, 0.25) is 5.02 Å². The Morgan fingerprint density at radius 1 is 1.38 bits per heavy atom. The van der Waals surface area contributed by atoms with E-state index in [1.165, 1.54) is 19.3 Å². The maximum atomic E-state index is 7.43. The van der Waals surface area contributed by atoms with Crippen LogP contribution in [0.4, 0.5) is 5.82 Å². The Morgan fingerprint density at radius 3 is 2.69 bits per heavy atom. The van der Waals surface area contributed by atoms with E-state index >= 15 is 0 Å². The van der Waals surface area contributed by atoms with Gasteiger partial charge in [-0.25, -0.2) is 4.98 Å². The number of rotatable bonds is 2. The minimum atomic E-state index is -0.00865. The number of hydrogen-bond donors (Lipinski definition) is 2. The van der Waals surface area contributed by atoms with Crippen molar-refractivity contribution in [2.24, 2.45) is 5.73 Å². The second kappa shape index (κ2) is 4.70. The Labute approximate surface area is 99.9 Å². The molecule has 3 N–H and O–H groups in total. The zero-order valence-electron chi connectivity index (χ0n) is 9.04.